The average molecular weight is 207 g/mol. The van der Waals surface area contributed by atoms with Crippen molar-refractivity contribution >= 4 is 5.97 Å². The van der Waals surface area contributed by atoms with E-state index in [4.69, 9.17) is 4.74 Å². The van der Waals surface area contributed by atoms with Crippen molar-refractivity contribution in [3.63, 3.8) is 0 Å². The highest BCUT2D eigenvalue weighted by molar-refractivity contribution is 5.83. The van der Waals surface area contributed by atoms with Gasteiger partial charge in [0.25, 0.3) is 0 Å². The topological polar surface area (TPSA) is 42.1 Å². The highest BCUT2D eigenvalue weighted by atomic mass is 16.5. The monoisotopic (exact) mass is 207 g/mol. The highest BCUT2D eigenvalue weighted by Crippen LogP contribution is 2.41. The highest BCUT2D eigenvalue weighted by Gasteiger charge is 2.44. The molecule has 0 radical (unpaired) electrons. The zero-order chi connectivity index (χ0) is 10.7. The fourth-order valence-corrected chi connectivity index (χ4v) is 2.46. The number of carbonyl (C=O) groups is 1. The predicted molar refractivity (Wildman–Crippen MR) is 57.6 cm³/mol. The molecule has 0 bridgehead atoms. The van der Waals surface area contributed by atoms with E-state index in [1.165, 1.54) is 0 Å². The normalized spacial score (nSPS) is 19.0. The van der Waals surface area contributed by atoms with Crippen molar-refractivity contribution in [2.75, 3.05) is 6.61 Å². The van der Waals surface area contributed by atoms with Crippen LogP contribution in [0.25, 0.3) is 0 Å². The summed E-state index contributed by atoms with van der Waals surface area (Å²) in [4.78, 5) is 15.2. The SMILES string of the molecule is CCOC(=O)C1(c2ccc[nH]2)CCCC1. The first-order valence-electron chi connectivity index (χ1n) is 5.61. The lowest BCUT2D eigenvalue weighted by Gasteiger charge is -2.25. The van der Waals surface area contributed by atoms with Crippen LogP contribution in [0.3, 0.4) is 0 Å². The summed E-state index contributed by atoms with van der Waals surface area (Å²) in [5, 5.41) is 0. The summed E-state index contributed by atoms with van der Waals surface area (Å²) in [5.41, 5.74) is 0.623. The fourth-order valence-electron chi connectivity index (χ4n) is 2.46. The number of H-pyrrole nitrogens is 1. The molecule has 0 atom stereocenters. The summed E-state index contributed by atoms with van der Waals surface area (Å²) in [6.45, 7) is 2.32. The number of hydrogen-bond acceptors (Lipinski definition) is 2. The van der Waals surface area contributed by atoms with Crippen LogP contribution in [0.15, 0.2) is 18.3 Å². The van der Waals surface area contributed by atoms with Gasteiger partial charge < -0.3 is 9.72 Å². The molecule has 1 fully saturated rings. The van der Waals surface area contributed by atoms with Crippen molar-refractivity contribution < 1.29 is 9.53 Å². The van der Waals surface area contributed by atoms with Gasteiger partial charge in [0.05, 0.1) is 6.61 Å². The van der Waals surface area contributed by atoms with E-state index in [1.807, 2.05) is 25.3 Å². The lowest BCUT2D eigenvalue weighted by molar-refractivity contribution is -0.150. The number of rotatable bonds is 3. The van der Waals surface area contributed by atoms with E-state index in [2.05, 4.69) is 4.98 Å². The van der Waals surface area contributed by atoms with Crippen molar-refractivity contribution in [3.05, 3.63) is 24.0 Å². The molecule has 1 aliphatic rings. The molecular formula is C12H17NO2. The third-order valence-corrected chi connectivity index (χ3v) is 3.24. The molecule has 1 aliphatic carbocycles. The summed E-state index contributed by atoms with van der Waals surface area (Å²) in [7, 11) is 0. The molecule has 0 unspecified atom stereocenters. The molecule has 82 valence electrons. The molecule has 0 saturated heterocycles. The first-order chi connectivity index (χ1) is 7.29. The quantitative estimate of drug-likeness (QED) is 0.773. The van der Waals surface area contributed by atoms with Crippen molar-refractivity contribution in [1.82, 2.24) is 4.98 Å². The minimum absolute atomic E-state index is 0.0649. The lowest BCUT2D eigenvalue weighted by Crippen LogP contribution is -2.35. The van der Waals surface area contributed by atoms with Gasteiger partial charge in [-0.05, 0) is 31.9 Å². The Morgan fingerprint density at radius 2 is 2.27 bits per heavy atom. The van der Waals surface area contributed by atoms with E-state index in [0.717, 1.165) is 31.4 Å². The number of esters is 1. The molecule has 0 aromatic carbocycles. The fraction of sp³-hybridized carbons (Fsp3) is 0.583. The van der Waals surface area contributed by atoms with Crippen LogP contribution < -0.4 is 0 Å². The number of nitrogens with one attached hydrogen (secondary N) is 1. The largest absolute Gasteiger partial charge is 0.465 e. The minimum Gasteiger partial charge on any atom is -0.465 e. The van der Waals surface area contributed by atoms with E-state index in [9.17, 15) is 4.79 Å². The maximum atomic E-state index is 12.0. The van der Waals surface area contributed by atoms with Gasteiger partial charge >= 0.3 is 5.97 Å². The zero-order valence-electron chi connectivity index (χ0n) is 9.08. The number of aromatic nitrogens is 1. The molecule has 1 aromatic rings. The van der Waals surface area contributed by atoms with E-state index in [-0.39, 0.29) is 11.4 Å². The average Bonchev–Trinajstić information content (AvgIpc) is 2.90. The molecule has 3 heteroatoms. The minimum atomic E-state index is -0.389. The summed E-state index contributed by atoms with van der Waals surface area (Å²) in [5.74, 6) is -0.0649. The summed E-state index contributed by atoms with van der Waals surface area (Å²) < 4.78 is 5.19. The molecular weight excluding hydrogens is 190 g/mol. The molecule has 3 nitrogen and oxygen atoms in total. The Hall–Kier alpha value is -1.25. The van der Waals surface area contributed by atoms with Gasteiger partial charge in [0, 0.05) is 11.9 Å². The standard InChI is InChI=1S/C12H17NO2/c1-2-15-11(14)12(7-3-4-8-12)10-6-5-9-13-10/h5-6,9,13H,2-4,7-8H2,1H3. The van der Waals surface area contributed by atoms with E-state index in [0.29, 0.717) is 6.61 Å². The van der Waals surface area contributed by atoms with Gasteiger partial charge in [-0.3, -0.25) is 4.79 Å². The molecule has 0 amide bonds. The molecule has 15 heavy (non-hydrogen) atoms. The molecule has 1 aromatic heterocycles. The van der Waals surface area contributed by atoms with Crippen LogP contribution >= 0.6 is 0 Å². The maximum absolute atomic E-state index is 12.0. The van der Waals surface area contributed by atoms with Gasteiger partial charge in [-0.15, -0.1) is 0 Å². The van der Waals surface area contributed by atoms with Gasteiger partial charge in [0.2, 0.25) is 0 Å². The number of hydrogen-bond donors (Lipinski definition) is 1. The van der Waals surface area contributed by atoms with Crippen LogP contribution in [0.1, 0.15) is 38.3 Å². The second-order valence-electron chi connectivity index (χ2n) is 4.09. The Bertz CT molecular complexity index is 323. The van der Waals surface area contributed by atoms with E-state index >= 15 is 0 Å². The Kier molecular flexibility index (Phi) is 2.80. The van der Waals surface area contributed by atoms with Crippen molar-refractivity contribution in [1.29, 1.82) is 0 Å². The second-order valence-corrected chi connectivity index (χ2v) is 4.09. The molecule has 0 spiro atoms. The van der Waals surface area contributed by atoms with E-state index in [1.54, 1.807) is 0 Å². The molecule has 2 rings (SSSR count). The summed E-state index contributed by atoms with van der Waals surface area (Å²) in [6, 6.07) is 3.93. The van der Waals surface area contributed by atoms with Crippen LogP contribution in [0, 0.1) is 0 Å². The Labute approximate surface area is 89.8 Å². The smallest absolute Gasteiger partial charge is 0.318 e. The van der Waals surface area contributed by atoms with Crippen molar-refractivity contribution in [3.8, 4) is 0 Å². The van der Waals surface area contributed by atoms with Crippen LogP contribution in [0.2, 0.25) is 0 Å². The number of ether oxygens (including phenoxy) is 1. The Morgan fingerprint density at radius 1 is 1.53 bits per heavy atom. The van der Waals surface area contributed by atoms with E-state index < -0.39 is 0 Å². The lowest BCUT2D eigenvalue weighted by atomic mass is 9.83. The van der Waals surface area contributed by atoms with Gasteiger partial charge in [0.15, 0.2) is 0 Å². The summed E-state index contributed by atoms with van der Waals surface area (Å²) >= 11 is 0. The molecule has 1 N–H and O–H groups in total. The number of aromatic amines is 1. The van der Waals surface area contributed by atoms with Crippen LogP contribution in [0.5, 0.6) is 0 Å². The summed E-state index contributed by atoms with van der Waals surface area (Å²) in [6.07, 6.45) is 5.91. The zero-order valence-corrected chi connectivity index (χ0v) is 9.08. The Morgan fingerprint density at radius 3 is 2.80 bits per heavy atom. The van der Waals surface area contributed by atoms with Crippen LogP contribution in [-0.4, -0.2) is 17.6 Å². The Balaban J connectivity index is 2.28. The first kappa shape index (κ1) is 10.3. The third-order valence-electron chi connectivity index (χ3n) is 3.24. The van der Waals surface area contributed by atoms with Gasteiger partial charge in [0.1, 0.15) is 5.41 Å². The third kappa shape index (κ3) is 1.66. The van der Waals surface area contributed by atoms with Gasteiger partial charge in [-0.1, -0.05) is 12.8 Å². The molecule has 1 heterocycles. The van der Waals surface area contributed by atoms with Crippen molar-refractivity contribution in [2.45, 2.75) is 38.0 Å². The molecule has 1 saturated carbocycles. The molecule has 0 aliphatic heterocycles. The van der Waals surface area contributed by atoms with Crippen molar-refractivity contribution in [2.24, 2.45) is 0 Å². The maximum Gasteiger partial charge on any atom is 0.318 e. The van der Waals surface area contributed by atoms with Crippen LogP contribution in [-0.2, 0) is 14.9 Å². The first-order valence-corrected chi connectivity index (χ1v) is 5.61. The second kappa shape index (κ2) is 4.09. The van der Waals surface area contributed by atoms with Gasteiger partial charge in [-0.25, -0.2) is 0 Å². The van der Waals surface area contributed by atoms with Gasteiger partial charge in [-0.2, -0.15) is 0 Å². The predicted octanol–water partition coefficient (Wildman–Crippen LogP) is 2.39. The van der Waals surface area contributed by atoms with Crippen LogP contribution in [0.4, 0.5) is 0 Å². The number of carbonyl (C=O) groups excluding carboxylic acids is 1.